The number of rotatable bonds is 9. The SMILES string of the molecule is CCC(C)(CC)C(=O)/C=C(\O)C(C)(CC)CC.Cc1coc2nc(-c3[c-]c4ccccc4c(C(C)(C)C)c3)cc(-c3csc4ccccc34)c12.[Ir]. The van der Waals surface area contributed by atoms with Crippen LogP contribution in [0.3, 0.4) is 0 Å². The molecule has 3 aromatic heterocycles. The van der Waals surface area contributed by atoms with Gasteiger partial charge in [0.25, 0.3) is 0 Å². The first-order valence-electron chi connectivity index (χ1n) is 18.0. The zero-order chi connectivity index (χ0) is 36.4. The van der Waals surface area contributed by atoms with Crippen molar-refractivity contribution >= 4 is 49.1 Å². The third-order valence-electron chi connectivity index (χ3n) is 11.0. The molecule has 4 nitrogen and oxygen atoms in total. The third kappa shape index (κ3) is 8.09. The van der Waals surface area contributed by atoms with Crippen molar-refractivity contribution in [2.45, 2.75) is 100 Å². The van der Waals surface area contributed by atoms with Gasteiger partial charge in [0.15, 0.2) is 5.78 Å². The van der Waals surface area contributed by atoms with Crippen LogP contribution in [0.25, 0.3) is 54.3 Å². The first-order valence-corrected chi connectivity index (χ1v) is 18.8. The van der Waals surface area contributed by atoms with Crippen LogP contribution in [-0.2, 0) is 30.3 Å². The van der Waals surface area contributed by atoms with Gasteiger partial charge in [0, 0.05) is 63.7 Å². The van der Waals surface area contributed by atoms with Crippen molar-refractivity contribution in [2.24, 2.45) is 10.8 Å². The van der Waals surface area contributed by atoms with Gasteiger partial charge in [0.05, 0.1) is 6.26 Å². The van der Waals surface area contributed by atoms with Gasteiger partial charge in [0.1, 0.15) is 5.76 Å². The summed E-state index contributed by atoms with van der Waals surface area (Å²) >= 11 is 1.78. The van der Waals surface area contributed by atoms with Gasteiger partial charge in [-0.1, -0.05) is 116 Å². The number of ketones is 1. The van der Waals surface area contributed by atoms with Crippen molar-refractivity contribution in [1.29, 1.82) is 0 Å². The van der Waals surface area contributed by atoms with Crippen molar-refractivity contribution in [1.82, 2.24) is 4.98 Å². The molecular formula is C45H52IrNO3S-. The van der Waals surface area contributed by atoms with Crippen molar-refractivity contribution in [3.63, 3.8) is 0 Å². The zero-order valence-electron chi connectivity index (χ0n) is 31.8. The number of thiophene rings is 1. The van der Waals surface area contributed by atoms with E-state index in [2.05, 4.69) is 99.8 Å². The molecule has 0 saturated heterocycles. The predicted octanol–water partition coefficient (Wildman–Crippen LogP) is 13.6. The Kier molecular flexibility index (Phi) is 12.6. The Hall–Kier alpha value is -3.57. The number of benzene rings is 3. The fourth-order valence-corrected chi connectivity index (χ4v) is 7.36. The number of fused-ring (bicyclic) bond motifs is 3. The maximum Gasteiger partial charge on any atom is 0.219 e. The van der Waals surface area contributed by atoms with Gasteiger partial charge in [-0.05, 0) is 60.6 Å². The van der Waals surface area contributed by atoms with Gasteiger partial charge >= 0.3 is 0 Å². The molecule has 1 N–H and O–H groups in total. The number of pyridine rings is 1. The maximum atomic E-state index is 12.2. The molecule has 6 rings (SSSR count). The summed E-state index contributed by atoms with van der Waals surface area (Å²) in [6.45, 7) is 20.9. The van der Waals surface area contributed by atoms with E-state index in [4.69, 9.17) is 9.40 Å². The van der Waals surface area contributed by atoms with Crippen LogP contribution >= 0.6 is 11.3 Å². The molecule has 51 heavy (non-hydrogen) atoms. The van der Waals surface area contributed by atoms with Crippen LogP contribution in [0.2, 0.25) is 0 Å². The average Bonchev–Trinajstić information content (AvgIpc) is 3.73. The summed E-state index contributed by atoms with van der Waals surface area (Å²) in [5.74, 6) is 0.286. The second-order valence-electron chi connectivity index (χ2n) is 15.1. The normalized spacial score (nSPS) is 12.5. The molecule has 0 aliphatic carbocycles. The molecule has 0 aliphatic heterocycles. The Morgan fingerprint density at radius 1 is 0.863 bits per heavy atom. The molecule has 1 radical (unpaired) electrons. The summed E-state index contributed by atoms with van der Waals surface area (Å²) < 4.78 is 7.21. The molecule has 3 heterocycles. The predicted molar refractivity (Wildman–Crippen MR) is 213 cm³/mol. The fraction of sp³-hybridized carbons (Fsp3) is 0.378. The summed E-state index contributed by atoms with van der Waals surface area (Å²) in [7, 11) is 0. The van der Waals surface area contributed by atoms with Crippen LogP contribution in [0, 0.1) is 23.8 Å². The van der Waals surface area contributed by atoms with Gasteiger partial charge in [-0.15, -0.1) is 40.5 Å². The second-order valence-corrected chi connectivity index (χ2v) is 16.0. The van der Waals surface area contributed by atoms with Crippen LogP contribution in [0.15, 0.2) is 88.6 Å². The molecule has 0 bridgehead atoms. The molecule has 0 fully saturated rings. The van der Waals surface area contributed by atoms with E-state index < -0.39 is 0 Å². The van der Waals surface area contributed by atoms with E-state index in [1.807, 2.05) is 47.8 Å². The van der Waals surface area contributed by atoms with Gasteiger partial charge in [-0.2, -0.15) is 0 Å². The van der Waals surface area contributed by atoms with E-state index in [0.717, 1.165) is 58.8 Å². The molecule has 0 amide bonds. The molecule has 0 aliphatic rings. The first kappa shape index (κ1) is 40.2. The van der Waals surface area contributed by atoms with E-state index in [0.29, 0.717) is 5.71 Å². The van der Waals surface area contributed by atoms with Crippen molar-refractivity contribution in [2.75, 3.05) is 0 Å². The summed E-state index contributed by atoms with van der Waals surface area (Å²) in [5, 5.41) is 17.1. The van der Waals surface area contributed by atoms with Crippen LogP contribution in [0.1, 0.15) is 99.1 Å². The zero-order valence-corrected chi connectivity index (χ0v) is 35.0. The van der Waals surface area contributed by atoms with E-state index >= 15 is 0 Å². The number of carbonyl (C=O) groups is 1. The number of aliphatic hydroxyl groups is 1. The van der Waals surface area contributed by atoms with Crippen molar-refractivity contribution in [3.8, 4) is 22.4 Å². The molecule has 0 saturated carbocycles. The molecule has 6 aromatic rings. The Morgan fingerprint density at radius 3 is 2.10 bits per heavy atom. The van der Waals surface area contributed by atoms with Gasteiger partial charge in [-0.25, -0.2) is 0 Å². The number of furan rings is 1. The number of nitrogens with zero attached hydrogens (tertiary/aromatic N) is 1. The minimum atomic E-state index is -0.337. The van der Waals surface area contributed by atoms with Crippen LogP contribution in [0.5, 0.6) is 0 Å². The van der Waals surface area contributed by atoms with E-state index in [9.17, 15) is 9.90 Å². The molecule has 0 spiro atoms. The maximum absolute atomic E-state index is 12.2. The van der Waals surface area contributed by atoms with Gasteiger partial charge < -0.3 is 9.52 Å². The van der Waals surface area contributed by atoms with E-state index in [1.165, 1.54) is 32.7 Å². The van der Waals surface area contributed by atoms with Crippen LogP contribution in [0.4, 0.5) is 0 Å². The van der Waals surface area contributed by atoms with Crippen LogP contribution < -0.4 is 0 Å². The van der Waals surface area contributed by atoms with Gasteiger partial charge in [-0.3, -0.25) is 9.78 Å². The minimum absolute atomic E-state index is 0. The Labute approximate surface area is 321 Å². The first-order chi connectivity index (χ1) is 23.7. The number of aliphatic hydroxyl groups excluding tert-OH is 1. The fourth-order valence-electron chi connectivity index (χ4n) is 6.40. The summed E-state index contributed by atoms with van der Waals surface area (Å²) in [6, 6.07) is 25.2. The molecule has 271 valence electrons. The number of aryl methyl sites for hydroxylation is 1. The van der Waals surface area contributed by atoms with Crippen molar-refractivity contribution in [3.05, 3.63) is 101 Å². The smallest absolute Gasteiger partial charge is 0.219 e. The summed E-state index contributed by atoms with van der Waals surface area (Å²) in [6.07, 6.45) is 6.56. The number of allylic oxidation sites excluding steroid dienone is 2. The van der Waals surface area contributed by atoms with Crippen molar-refractivity contribution < 1.29 is 34.4 Å². The number of carbonyl (C=O) groups excluding carboxylic acids is 1. The molecular weight excluding hydrogens is 827 g/mol. The molecule has 3 aromatic carbocycles. The Morgan fingerprint density at radius 2 is 1.47 bits per heavy atom. The Bertz CT molecular complexity index is 2170. The van der Waals surface area contributed by atoms with E-state index in [-0.39, 0.29) is 47.9 Å². The number of hydrogen-bond acceptors (Lipinski definition) is 5. The minimum Gasteiger partial charge on any atom is -0.512 e. The quantitative estimate of drug-likeness (QED) is 0.0893. The summed E-state index contributed by atoms with van der Waals surface area (Å²) in [5.41, 5.74) is 6.75. The molecule has 0 unspecified atom stereocenters. The average molecular weight is 879 g/mol. The van der Waals surface area contributed by atoms with E-state index in [1.54, 1.807) is 11.3 Å². The van der Waals surface area contributed by atoms with Crippen LogP contribution in [-0.4, -0.2) is 15.9 Å². The number of aromatic nitrogens is 1. The Balaban J connectivity index is 0.000000279. The third-order valence-corrected chi connectivity index (χ3v) is 11.9. The monoisotopic (exact) mass is 879 g/mol. The largest absolute Gasteiger partial charge is 0.512 e. The molecule has 0 atom stereocenters. The standard InChI is InChI=1S/C30H24NOS.C15H28O2.Ir/c1-18-16-32-29-28(18)23(24-17-33-27-12-8-7-11-22(24)27)15-26(31-29)20-13-19-9-5-6-10-21(19)25(14-20)30(2,3)4;1-7-14(5,8-2)12(16)11-13(17)15(6,9-3)10-4;/h5-12,14-17H,1-4H3;11,16H,7-10H2,1-6H3;/q-1;;/b;12-11-;. The van der Waals surface area contributed by atoms with Gasteiger partial charge in [0.2, 0.25) is 5.71 Å². The second kappa shape index (κ2) is 16.0. The number of hydrogen-bond donors (Lipinski definition) is 1. The topological polar surface area (TPSA) is 63.3 Å². The molecule has 6 heteroatoms. The summed E-state index contributed by atoms with van der Waals surface area (Å²) in [4.78, 5) is 17.1.